The molecule has 0 saturated carbocycles. The third-order valence-corrected chi connectivity index (χ3v) is 6.07. The first-order chi connectivity index (χ1) is 14.8. The van der Waals surface area contributed by atoms with Crippen LogP contribution in [0.4, 0.5) is 23.5 Å². The van der Waals surface area contributed by atoms with Crippen LogP contribution in [0.2, 0.25) is 0 Å². The normalized spacial score (nSPS) is 20.2. The number of piperazine rings is 1. The van der Waals surface area contributed by atoms with Crippen molar-refractivity contribution >= 4 is 23.5 Å². The topological polar surface area (TPSA) is 73.8 Å². The van der Waals surface area contributed by atoms with Crippen LogP contribution in [0.1, 0.15) is 18.5 Å². The van der Waals surface area contributed by atoms with Gasteiger partial charge in [-0.3, -0.25) is 0 Å². The third-order valence-electron chi connectivity index (χ3n) is 6.07. The molecule has 0 aliphatic carbocycles. The second kappa shape index (κ2) is 8.59. The summed E-state index contributed by atoms with van der Waals surface area (Å²) >= 11 is 0. The van der Waals surface area contributed by atoms with Gasteiger partial charge in [-0.1, -0.05) is 0 Å². The summed E-state index contributed by atoms with van der Waals surface area (Å²) in [6.45, 7) is 11.1. The molecule has 5 heterocycles. The Hall–Kier alpha value is -2.68. The Morgan fingerprint density at radius 2 is 1.33 bits per heavy atom. The smallest absolute Gasteiger partial charge is 0.227 e. The number of nitrogens with zero attached hydrogens (tertiary/aromatic N) is 8. The minimum Gasteiger partial charge on any atom is -0.378 e. The van der Waals surface area contributed by atoms with Crippen LogP contribution in [0, 0.1) is 6.92 Å². The molecule has 0 unspecified atom stereocenters. The molecular weight excluding hydrogens is 380 g/mol. The molecule has 3 saturated heterocycles. The maximum atomic E-state index is 5.44. The lowest BCUT2D eigenvalue weighted by molar-refractivity contribution is 0.122. The fourth-order valence-electron chi connectivity index (χ4n) is 4.35. The Balaban J connectivity index is 1.25. The highest BCUT2D eigenvalue weighted by Gasteiger charge is 2.23. The highest BCUT2D eigenvalue weighted by atomic mass is 16.5. The molecule has 3 aliphatic heterocycles. The summed E-state index contributed by atoms with van der Waals surface area (Å²) < 4.78 is 5.44. The van der Waals surface area contributed by atoms with E-state index >= 15 is 0 Å². The summed E-state index contributed by atoms with van der Waals surface area (Å²) in [6, 6.07) is 4.12. The molecule has 0 amide bonds. The van der Waals surface area contributed by atoms with Gasteiger partial charge in [0.2, 0.25) is 11.9 Å². The van der Waals surface area contributed by atoms with E-state index in [9.17, 15) is 0 Å². The lowest BCUT2D eigenvalue weighted by atomic mass is 10.3. The zero-order valence-electron chi connectivity index (χ0n) is 17.7. The van der Waals surface area contributed by atoms with Crippen LogP contribution in [0.5, 0.6) is 0 Å². The number of hydrogen-bond acceptors (Lipinski definition) is 9. The van der Waals surface area contributed by atoms with Gasteiger partial charge in [-0.25, -0.2) is 9.97 Å². The van der Waals surface area contributed by atoms with E-state index in [1.54, 1.807) is 0 Å². The molecule has 2 aromatic rings. The predicted molar refractivity (Wildman–Crippen MR) is 118 cm³/mol. The second-order valence-corrected chi connectivity index (χ2v) is 8.15. The van der Waals surface area contributed by atoms with Crippen molar-refractivity contribution in [3.63, 3.8) is 0 Å². The number of aryl methyl sites for hydroxylation is 1. The van der Waals surface area contributed by atoms with Crippen LogP contribution in [-0.2, 0) is 4.74 Å². The van der Waals surface area contributed by atoms with Gasteiger partial charge in [0.1, 0.15) is 11.6 Å². The van der Waals surface area contributed by atoms with Crippen molar-refractivity contribution in [2.24, 2.45) is 0 Å². The van der Waals surface area contributed by atoms with Crippen molar-refractivity contribution in [2.75, 3.05) is 85.2 Å². The molecule has 0 bridgehead atoms. The summed E-state index contributed by atoms with van der Waals surface area (Å²) in [7, 11) is 0. The van der Waals surface area contributed by atoms with Gasteiger partial charge >= 0.3 is 0 Å². The fourth-order valence-corrected chi connectivity index (χ4v) is 4.35. The first-order valence-electron chi connectivity index (χ1n) is 11.0. The van der Waals surface area contributed by atoms with E-state index in [1.165, 1.54) is 12.8 Å². The average molecular weight is 411 g/mol. The molecule has 0 spiro atoms. The van der Waals surface area contributed by atoms with Crippen LogP contribution in [0.25, 0.3) is 0 Å². The quantitative estimate of drug-likeness (QED) is 0.742. The van der Waals surface area contributed by atoms with Gasteiger partial charge in [-0.15, -0.1) is 0 Å². The van der Waals surface area contributed by atoms with E-state index in [1.807, 2.05) is 12.3 Å². The number of rotatable bonds is 4. The van der Waals surface area contributed by atoms with Gasteiger partial charge in [0.25, 0.3) is 0 Å². The maximum absolute atomic E-state index is 5.44. The monoisotopic (exact) mass is 410 g/mol. The Morgan fingerprint density at radius 1 is 0.700 bits per heavy atom. The first-order valence-corrected chi connectivity index (χ1v) is 11.0. The van der Waals surface area contributed by atoms with Crippen molar-refractivity contribution in [1.82, 2.24) is 19.9 Å². The number of morpholine rings is 1. The lowest BCUT2D eigenvalue weighted by Crippen LogP contribution is -2.47. The van der Waals surface area contributed by atoms with Gasteiger partial charge < -0.3 is 24.3 Å². The fraction of sp³-hybridized carbons (Fsp3) is 0.619. The highest BCUT2D eigenvalue weighted by molar-refractivity contribution is 5.50. The van der Waals surface area contributed by atoms with Crippen LogP contribution in [0.15, 0.2) is 18.3 Å². The molecule has 9 nitrogen and oxygen atoms in total. The molecule has 0 radical (unpaired) electrons. The lowest BCUT2D eigenvalue weighted by Gasteiger charge is -2.36. The van der Waals surface area contributed by atoms with Crippen LogP contribution < -0.4 is 19.6 Å². The van der Waals surface area contributed by atoms with Crippen LogP contribution in [-0.4, -0.2) is 85.5 Å². The molecular formula is C21H30N8O. The van der Waals surface area contributed by atoms with Gasteiger partial charge in [0.15, 0.2) is 0 Å². The van der Waals surface area contributed by atoms with E-state index in [4.69, 9.17) is 14.7 Å². The molecule has 0 aromatic carbocycles. The molecule has 160 valence electrons. The largest absolute Gasteiger partial charge is 0.378 e. The molecule has 5 rings (SSSR count). The number of ether oxygens (including phenoxy) is 1. The third kappa shape index (κ3) is 4.12. The number of aromatic nitrogens is 4. The predicted octanol–water partition coefficient (Wildman–Crippen LogP) is 1.34. The molecule has 9 heteroatoms. The van der Waals surface area contributed by atoms with Crippen molar-refractivity contribution in [1.29, 1.82) is 0 Å². The first kappa shape index (κ1) is 19.3. The van der Waals surface area contributed by atoms with Crippen molar-refractivity contribution in [3.8, 4) is 0 Å². The average Bonchev–Trinajstić information content (AvgIpc) is 3.35. The minimum atomic E-state index is 0.740. The molecule has 2 aromatic heterocycles. The maximum Gasteiger partial charge on any atom is 0.227 e. The number of anilines is 4. The highest BCUT2D eigenvalue weighted by Crippen LogP contribution is 2.23. The minimum absolute atomic E-state index is 0.740. The van der Waals surface area contributed by atoms with E-state index < -0.39 is 0 Å². The van der Waals surface area contributed by atoms with Crippen molar-refractivity contribution in [2.45, 2.75) is 19.8 Å². The summed E-state index contributed by atoms with van der Waals surface area (Å²) in [5, 5.41) is 0. The van der Waals surface area contributed by atoms with Crippen LogP contribution >= 0.6 is 0 Å². The van der Waals surface area contributed by atoms with E-state index in [0.29, 0.717) is 0 Å². The molecule has 0 N–H and O–H groups in total. The summed E-state index contributed by atoms with van der Waals surface area (Å²) in [5.74, 6) is 3.74. The van der Waals surface area contributed by atoms with Crippen molar-refractivity contribution < 1.29 is 4.74 Å². The summed E-state index contributed by atoms with van der Waals surface area (Å²) in [4.78, 5) is 28.1. The Bertz CT molecular complexity index is 858. The van der Waals surface area contributed by atoms with Gasteiger partial charge in [-0.05, 0) is 25.8 Å². The molecule has 0 atom stereocenters. The van der Waals surface area contributed by atoms with Crippen LogP contribution in [0.3, 0.4) is 0 Å². The SMILES string of the molecule is Cc1cc(N2CCN(c3ccnc(N4CCOCC4)n3)CC2)nc(N2CCCC2)n1. The Kier molecular flexibility index (Phi) is 5.52. The Morgan fingerprint density at radius 3 is 2.07 bits per heavy atom. The number of hydrogen-bond donors (Lipinski definition) is 0. The van der Waals surface area contributed by atoms with Crippen molar-refractivity contribution in [3.05, 3.63) is 24.0 Å². The molecule has 3 aliphatic rings. The zero-order valence-corrected chi connectivity index (χ0v) is 17.7. The molecule has 30 heavy (non-hydrogen) atoms. The zero-order chi connectivity index (χ0) is 20.3. The second-order valence-electron chi connectivity index (χ2n) is 8.15. The Labute approximate surface area is 177 Å². The molecule has 3 fully saturated rings. The van der Waals surface area contributed by atoms with Gasteiger partial charge in [0.05, 0.1) is 13.2 Å². The standard InChI is InChI=1S/C21H30N8O/c1-17-16-19(25-21(23-17)28-6-2-3-7-28)27-10-8-26(9-11-27)18-4-5-22-20(24-18)29-12-14-30-15-13-29/h4-5,16H,2-3,6-15H2,1H3. The van der Waals surface area contributed by atoms with Gasteiger partial charge in [-0.2, -0.15) is 9.97 Å². The van der Waals surface area contributed by atoms with E-state index in [2.05, 4.69) is 42.6 Å². The summed E-state index contributed by atoms with van der Waals surface area (Å²) in [5.41, 5.74) is 1.04. The van der Waals surface area contributed by atoms with E-state index in [0.717, 1.165) is 94.8 Å². The van der Waals surface area contributed by atoms with E-state index in [-0.39, 0.29) is 0 Å². The summed E-state index contributed by atoms with van der Waals surface area (Å²) in [6.07, 6.45) is 4.34. The van der Waals surface area contributed by atoms with Gasteiger partial charge in [0, 0.05) is 70.3 Å².